The van der Waals surface area contributed by atoms with E-state index in [4.69, 9.17) is 10.5 Å². The Bertz CT molecular complexity index is 165. The summed E-state index contributed by atoms with van der Waals surface area (Å²) in [4.78, 5) is 4.22. The molecule has 0 radical (unpaired) electrons. The fourth-order valence-corrected chi connectivity index (χ4v) is 1.11. The maximum Gasteiger partial charge on any atom is 0.188 e. The Hall–Kier alpha value is -0.0400. The highest BCUT2D eigenvalue weighted by Crippen LogP contribution is 1.90. The predicted molar refractivity (Wildman–Crippen MR) is 80.5 cm³/mol. The minimum Gasteiger partial charge on any atom is -0.382 e. The first-order chi connectivity index (χ1) is 7.31. The first-order valence-corrected chi connectivity index (χ1v) is 5.92. The normalized spacial score (nSPS) is 11.0. The van der Waals surface area contributed by atoms with Crippen molar-refractivity contribution in [1.82, 2.24) is 5.32 Å². The van der Waals surface area contributed by atoms with Gasteiger partial charge in [-0.2, -0.15) is 0 Å². The number of nitrogens with one attached hydrogen (secondary N) is 1. The van der Waals surface area contributed by atoms with Crippen LogP contribution in [0.5, 0.6) is 0 Å². The second-order valence-corrected chi connectivity index (χ2v) is 3.45. The number of halogens is 1. The third kappa shape index (κ3) is 14.0. The van der Waals surface area contributed by atoms with Crippen LogP contribution in [-0.4, -0.2) is 32.3 Å². The summed E-state index contributed by atoms with van der Waals surface area (Å²) in [6.07, 6.45) is 4.41. The van der Waals surface area contributed by atoms with Crippen molar-refractivity contribution in [2.24, 2.45) is 10.7 Å². The van der Waals surface area contributed by atoms with Crippen molar-refractivity contribution in [2.75, 3.05) is 26.3 Å². The van der Waals surface area contributed by atoms with Crippen LogP contribution >= 0.6 is 24.0 Å². The lowest BCUT2D eigenvalue weighted by Crippen LogP contribution is -2.32. The second-order valence-electron chi connectivity index (χ2n) is 3.45. The number of ether oxygens (including phenoxy) is 1. The summed E-state index contributed by atoms with van der Waals surface area (Å²) in [6, 6.07) is 0. The van der Waals surface area contributed by atoms with E-state index in [-0.39, 0.29) is 24.0 Å². The first kappa shape index (κ1) is 18.3. The molecule has 0 fully saturated rings. The molecule has 3 N–H and O–H groups in total. The van der Waals surface area contributed by atoms with Crippen LogP contribution in [0.4, 0.5) is 0 Å². The van der Waals surface area contributed by atoms with Crippen LogP contribution in [0, 0.1) is 0 Å². The second kappa shape index (κ2) is 15.0. The monoisotopic (exact) mass is 343 g/mol. The lowest BCUT2D eigenvalue weighted by Gasteiger charge is -2.04. The largest absolute Gasteiger partial charge is 0.382 e. The average Bonchev–Trinajstić information content (AvgIpc) is 2.23. The van der Waals surface area contributed by atoms with Crippen LogP contribution in [0.3, 0.4) is 0 Å². The number of hydrogen-bond donors (Lipinski definition) is 2. The third-order valence-electron chi connectivity index (χ3n) is 2.02. The van der Waals surface area contributed by atoms with Crippen molar-refractivity contribution in [1.29, 1.82) is 0 Å². The Balaban J connectivity index is 0. The highest BCUT2D eigenvalue weighted by Gasteiger charge is 1.91. The zero-order valence-electron chi connectivity index (χ0n) is 10.5. The van der Waals surface area contributed by atoms with E-state index in [9.17, 15) is 0 Å². The van der Waals surface area contributed by atoms with Crippen LogP contribution in [0.15, 0.2) is 4.99 Å². The Morgan fingerprint density at radius 3 is 2.62 bits per heavy atom. The van der Waals surface area contributed by atoms with Crippen LogP contribution in [0.1, 0.15) is 39.5 Å². The molecule has 4 nitrogen and oxygen atoms in total. The number of aliphatic imine (C=N–C) groups is 1. The van der Waals surface area contributed by atoms with Crippen molar-refractivity contribution in [3.05, 3.63) is 0 Å². The van der Waals surface area contributed by atoms with Crippen molar-refractivity contribution in [3.63, 3.8) is 0 Å². The van der Waals surface area contributed by atoms with E-state index in [0.717, 1.165) is 45.6 Å². The standard InChI is InChI=1S/C11H25N3O.HI/c1-3-5-8-13-11(12)14-9-6-7-10-15-4-2;/h3-10H2,1-2H3,(H3,12,13,14);1H. The fourth-order valence-electron chi connectivity index (χ4n) is 1.11. The molecular weight excluding hydrogens is 317 g/mol. The summed E-state index contributed by atoms with van der Waals surface area (Å²) in [5, 5.41) is 3.08. The highest BCUT2D eigenvalue weighted by molar-refractivity contribution is 14.0. The number of unbranched alkanes of at least 4 members (excludes halogenated alkanes) is 2. The first-order valence-electron chi connectivity index (χ1n) is 5.92. The van der Waals surface area contributed by atoms with Crippen molar-refractivity contribution >= 4 is 29.9 Å². The summed E-state index contributed by atoms with van der Waals surface area (Å²) < 4.78 is 5.22. The van der Waals surface area contributed by atoms with Gasteiger partial charge in [0.15, 0.2) is 5.96 Å². The summed E-state index contributed by atoms with van der Waals surface area (Å²) >= 11 is 0. The lowest BCUT2D eigenvalue weighted by molar-refractivity contribution is 0.144. The Labute approximate surface area is 116 Å². The van der Waals surface area contributed by atoms with Gasteiger partial charge in [-0.25, -0.2) is 0 Å². The zero-order chi connectivity index (χ0) is 11.4. The van der Waals surface area contributed by atoms with Crippen molar-refractivity contribution in [2.45, 2.75) is 39.5 Å². The van der Waals surface area contributed by atoms with Crippen LogP contribution < -0.4 is 11.1 Å². The van der Waals surface area contributed by atoms with E-state index in [1.54, 1.807) is 0 Å². The summed E-state index contributed by atoms with van der Waals surface area (Å²) in [6.45, 7) is 7.50. The van der Waals surface area contributed by atoms with Gasteiger partial charge in [0.05, 0.1) is 0 Å². The molecule has 0 aliphatic heterocycles. The van der Waals surface area contributed by atoms with Gasteiger partial charge in [-0.1, -0.05) is 13.3 Å². The highest BCUT2D eigenvalue weighted by atomic mass is 127. The Kier molecular flexibility index (Phi) is 17.1. The van der Waals surface area contributed by atoms with Crippen molar-refractivity contribution in [3.8, 4) is 0 Å². The van der Waals surface area contributed by atoms with Gasteiger partial charge in [-0.15, -0.1) is 24.0 Å². The molecule has 0 bridgehead atoms. The van der Waals surface area contributed by atoms with Gasteiger partial charge < -0.3 is 15.8 Å². The Morgan fingerprint density at radius 1 is 1.25 bits per heavy atom. The van der Waals surface area contributed by atoms with Gasteiger partial charge >= 0.3 is 0 Å². The number of nitrogens with zero attached hydrogens (tertiary/aromatic N) is 1. The molecule has 0 unspecified atom stereocenters. The molecule has 0 aromatic rings. The molecule has 0 aromatic carbocycles. The van der Waals surface area contributed by atoms with Gasteiger partial charge in [-0.05, 0) is 26.2 Å². The van der Waals surface area contributed by atoms with Crippen molar-refractivity contribution < 1.29 is 4.74 Å². The van der Waals surface area contributed by atoms with Gasteiger partial charge in [0.2, 0.25) is 0 Å². The fraction of sp³-hybridized carbons (Fsp3) is 0.909. The molecule has 5 heteroatoms. The van der Waals surface area contributed by atoms with Crippen LogP contribution in [0.25, 0.3) is 0 Å². The lowest BCUT2D eigenvalue weighted by atomic mass is 10.3. The van der Waals surface area contributed by atoms with Gasteiger partial charge in [0.1, 0.15) is 0 Å². The predicted octanol–water partition coefficient (Wildman–Crippen LogP) is 2.13. The number of nitrogens with two attached hydrogens (primary N) is 1. The van der Waals surface area contributed by atoms with Crippen LogP contribution in [0.2, 0.25) is 0 Å². The van der Waals surface area contributed by atoms with E-state index in [1.165, 1.54) is 6.42 Å². The molecule has 0 saturated heterocycles. The third-order valence-corrected chi connectivity index (χ3v) is 2.02. The van der Waals surface area contributed by atoms with E-state index >= 15 is 0 Å². The molecule has 0 saturated carbocycles. The van der Waals surface area contributed by atoms with E-state index in [2.05, 4.69) is 17.2 Å². The summed E-state index contributed by atoms with van der Waals surface area (Å²) in [5.41, 5.74) is 5.66. The molecule has 0 amide bonds. The number of hydrogen-bond acceptors (Lipinski definition) is 2. The zero-order valence-corrected chi connectivity index (χ0v) is 12.8. The summed E-state index contributed by atoms with van der Waals surface area (Å²) in [5.74, 6) is 0.569. The Morgan fingerprint density at radius 2 is 2.00 bits per heavy atom. The number of rotatable bonds is 9. The molecular formula is C11H26IN3O. The minimum atomic E-state index is 0. The molecule has 0 aromatic heterocycles. The molecule has 0 spiro atoms. The average molecular weight is 343 g/mol. The maximum absolute atomic E-state index is 5.66. The maximum atomic E-state index is 5.66. The van der Waals surface area contributed by atoms with E-state index in [0.29, 0.717) is 5.96 Å². The van der Waals surface area contributed by atoms with Gasteiger partial charge in [-0.3, -0.25) is 4.99 Å². The molecule has 0 aliphatic rings. The molecule has 98 valence electrons. The topological polar surface area (TPSA) is 59.6 Å². The molecule has 0 rings (SSSR count). The minimum absolute atomic E-state index is 0. The molecule has 0 aliphatic carbocycles. The van der Waals surface area contributed by atoms with Gasteiger partial charge in [0.25, 0.3) is 0 Å². The smallest absolute Gasteiger partial charge is 0.188 e. The quantitative estimate of drug-likeness (QED) is 0.292. The number of guanidine groups is 1. The molecule has 16 heavy (non-hydrogen) atoms. The van der Waals surface area contributed by atoms with E-state index in [1.807, 2.05) is 6.92 Å². The molecule has 0 heterocycles. The summed E-state index contributed by atoms with van der Waals surface area (Å²) in [7, 11) is 0. The van der Waals surface area contributed by atoms with E-state index < -0.39 is 0 Å². The van der Waals surface area contributed by atoms with Crippen LogP contribution in [-0.2, 0) is 4.74 Å². The SMILES string of the molecule is CCCCNC(N)=NCCCCOCC.I. The van der Waals surface area contributed by atoms with Gasteiger partial charge in [0, 0.05) is 26.3 Å². The molecule has 0 atom stereocenters.